The van der Waals surface area contributed by atoms with Crippen LogP contribution in [0.5, 0.6) is 0 Å². The van der Waals surface area contributed by atoms with Crippen molar-refractivity contribution in [2.24, 2.45) is 0 Å². The predicted molar refractivity (Wildman–Crippen MR) is 105 cm³/mol. The number of pyridine rings is 2. The number of ether oxygens (including phenoxy) is 1. The van der Waals surface area contributed by atoms with Crippen molar-refractivity contribution in [2.45, 2.75) is 6.92 Å². The lowest BCUT2D eigenvalue weighted by Gasteiger charge is -2.19. The van der Waals surface area contributed by atoms with Gasteiger partial charge in [0, 0.05) is 37.4 Å². The van der Waals surface area contributed by atoms with E-state index in [1.807, 2.05) is 37.2 Å². The highest BCUT2D eigenvalue weighted by molar-refractivity contribution is 6.43. The molecule has 7 heteroatoms. The number of rotatable bonds is 4. The first kappa shape index (κ1) is 18.4. The fourth-order valence-corrected chi connectivity index (χ4v) is 3.22. The van der Waals surface area contributed by atoms with Gasteiger partial charge in [0.15, 0.2) is 0 Å². The minimum atomic E-state index is -0.412. The zero-order valence-corrected chi connectivity index (χ0v) is 16.1. The van der Waals surface area contributed by atoms with Gasteiger partial charge < -0.3 is 9.64 Å². The van der Waals surface area contributed by atoms with Crippen molar-refractivity contribution in [2.75, 3.05) is 25.6 Å². The van der Waals surface area contributed by atoms with Gasteiger partial charge in [-0.1, -0.05) is 35.3 Å². The molecule has 1 aromatic carbocycles. The molecule has 0 fully saturated rings. The van der Waals surface area contributed by atoms with E-state index in [-0.39, 0.29) is 0 Å². The highest BCUT2D eigenvalue weighted by Crippen LogP contribution is 2.38. The van der Waals surface area contributed by atoms with Crippen LogP contribution in [0.2, 0.25) is 10.0 Å². The van der Waals surface area contributed by atoms with Crippen molar-refractivity contribution in [1.82, 2.24) is 9.97 Å². The summed E-state index contributed by atoms with van der Waals surface area (Å²) in [5.74, 6) is -0.412. The molecule has 3 aromatic rings. The highest BCUT2D eigenvalue weighted by Gasteiger charge is 2.21. The molecule has 2 heterocycles. The van der Waals surface area contributed by atoms with Gasteiger partial charge in [-0.25, -0.2) is 4.79 Å². The van der Waals surface area contributed by atoms with Crippen LogP contribution in [0.25, 0.3) is 22.2 Å². The molecule has 26 heavy (non-hydrogen) atoms. The molecule has 3 rings (SSSR count). The van der Waals surface area contributed by atoms with Crippen LogP contribution in [0, 0.1) is 0 Å². The summed E-state index contributed by atoms with van der Waals surface area (Å²) in [6, 6.07) is 7.19. The van der Waals surface area contributed by atoms with Gasteiger partial charge in [-0.2, -0.15) is 0 Å². The maximum absolute atomic E-state index is 12.3. The monoisotopic (exact) mass is 389 g/mol. The minimum Gasteiger partial charge on any atom is -0.462 e. The number of aromatic nitrogens is 2. The molecule has 0 bridgehead atoms. The van der Waals surface area contributed by atoms with E-state index in [1.54, 1.807) is 19.2 Å². The second kappa shape index (κ2) is 7.48. The van der Waals surface area contributed by atoms with Crippen molar-refractivity contribution >= 4 is 45.8 Å². The van der Waals surface area contributed by atoms with Crippen LogP contribution in [-0.4, -0.2) is 36.6 Å². The van der Waals surface area contributed by atoms with Crippen LogP contribution in [0.4, 0.5) is 5.69 Å². The van der Waals surface area contributed by atoms with Crippen LogP contribution in [0.3, 0.4) is 0 Å². The smallest absolute Gasteiger partial charge is 0.341 e. The summed E-state index contributed by atoms with van der Waals surface area (Å²) in [7, 11) is 3.73. The van der Waals surface area contributed by atoms with Crippen molar-refractivity contribution < 1.29 is 9.53 Å². The number of esters is 1. The van der Waals surface area contributed by atoms with Crippen LogP contribution < -0.4 is 4.90 Å². The first-order valence-electron chi connectivity index (χ1n) is 8.02. The van der Waals surface area contributed by atoms with Gasteiger partial charge in [0.1, 0.15) is 5.56 Å². The summed E-state index contributed by atoms with van der Waals surface area (Å²) >= 11 is 12.5. The fourth-order valence-electron chi connectivity index (χ4n) is 2.83. The largest absolute Gasteiger partial charge is 0.462 e. The highest BCUT2D eigenvalue weighted by atomic mass is 35.5. The van der Waals surface area contributed by atoms with Crippen molar-refractivity contribution in [3.63, 3.8) is 0 Å². The van der Waals surface area contributed by atoms with E-state index in [2.05, 4.69) is 9.97 Å². The van der Waals surface area contributed by atoms with E-state index in [9.17, 15) is 4.79 Å². The number of hydrogen-bond donors (Lipinski definition) is 0. The van der Waals surface area contributed by atoms with Crippen molar-refractivity contribution in [3.05, 3.63) is 52.3 Å². The third-order valence-electron chi connectivity index (χ3n) is 3.91. The molecule has 2 aromatic heterocycles. The van der Waals surface area contributed by atoms with Crippen LogP contribution in [0.15, 0.2) is 36.7 Å². The standard InChI is InChI=1S/C19H17Cl2N3O2/c1-4-26-19(25)13-10-23-17-12(18(13)24(2)3)8-9-22-16(17)11-6-5-7-14(20)15(11)21/h5-10H,4H2,1-3H3. The molecule has 0 aliphatic carbocycles. The molecule has 0 radical (unpaired) electrons. The molecule has 134 valence electrons. The zero-order chi connectivity index (χ0) is 18.8. The van der Waals surface area contributed by atoms with Crippen LogP contribution in [-0.2, 0) is 4.74 Å². The second-order valence-corrected chi connectivity index (χ2v) is 6.58. The molecule has 0 saturated heterocycles. The van der Waals surface area contributed by atoms with Gasteiger partial charge in [-0.3, -0.25) is 9.97 Å². The van der Waals surface area contributed by atoms with Crippen LogP contribution >= 0.6 is 23.2 Å². The second-order valence-electron chi connectivity index (χ2n) is 5.79. The lowest BCUT2D eigenvalue weighted by Crippen LogP contribution is -2.16. The quantitative estimate of drug-likeness (QED) is 0.597. The van der Waals surface area contributed by atoms with Gasteiger partial charge in [0.05, 0.1) is 33.6 Å². The number of carbonyl (C=O) groups excluding carboxylic acids is 1. The zero-order valence-electron chi connectivity index (χ0n) is 14.6. The number of anilines is 1. The number of fused-ring (bicyclic) bond motifs is 1. The maximum atomic E-state index is 12.3. The number of benzene rings is 1. The van der Waals surface area contributed by atoms with Crippen molar-refractivity contribution in [1.29, 1.82) is 0 Å². The van der Waals surface area contributed by atoms with Gasteiger partial charge in [-0.15, -0.1) is 0 Å². The van der Waals surface area contributed by atoms with Gasteiger partial charge in [0.2, 0.25) is 0 Å². The molecule has 0 spiro atoms. The predicted octanol–water partition coefficient (Wildman–Crippen LogP) is 4.85. The normalized spacial score (nSPS) is 10.8. The van der Waals surface area contributed by atoms with Crippen molar-refractivity contribution in [3.8, 4) is 11.3 Å². The lowest BCUT2D eigenvalue weighted by molar-refractivity contribution is 0.0527. The third-order valence-corrected chi connectivity index (χ3v) is 4.73. The summed E-state index contributed by atoms with van der Waals surface area (Å²) in [5.41, 5.74) is 3.04. The molecule has 0 saturated carbocycles. The Morgan fingerprint density at radius 2 is 1.96 bits per heavy atom. The van der Waals surface area contributed by atoms with Gasteiger partial charge in [0.25, 0.3) is 0 Å². The number of hydrogen-bond acceptors (Lipinski definition) is 5. The first-order valence-corrected chi connectivity index (χ1v) is 8.77. The SMILES string of the molecule is CCOC(=O)c1cnc2c(-c3cccc(Cl)c3Cl)nccc2c1N(C)C. The van der Waals surface area contributed by atoms with E-state index in [0.29, 0.717) is 39.0 Å². The van der Waals surface area contributed by atoms with E-state index in [0.717, 1.165) is 11.1 Å². The summed E-state index contributed by atoms with van der Waals surface area (Å²) < 4.78 is 5.16. The first-order chi connectivity index (χ1) is 12.5. The molecule has 0 amide bonds. The van der Waals surface area contributed by atoms with E-state index < -0.39 is 5.97 Å². The van der Waals surface area contributed by atoms with E-state index in [1.165, 1.54) is 6.20 Å². The Balaban J connectivity index is 2.31. The molecule has 0 aliphatic rings. The van der Waals surface area contributed by atoms with Gasteiger partial charge in [-0.05, 0) is 19.1 Å². The number of halogens is 2. The molecular formula is C19H17Cl2N3O2. The Morgan fingerprint density at radius 1 is 1.19 bits per heavy atom. The Labute approximate surface area is 161 Å². The molecule has 0 unspecified atom stereocenters. The molecule has 5 nitrogen and oxygen atoms in total. The summed E-state index contributed by atoms with van der Waals surface area (Å²) in [6.07, 6.45) is 3.18. The van der Waals surface area contributed by atoms with E-state index >= 15 is 0 Å². The summed E-state index contributed by atoms with van der Waals surface area (Å²) in [5, 5.41) is 1.64. The van der Waals surface area contributed by atoms with Gasteiger partial charge >= 0.3 is 5.97 Å². The molecule has 0 atom stereocenters. The van der Waals surface area contributed by atoms with Crippen LogP contribution in [0.1, 0.15) is 17.3 Å². The summed E-state index contributed by atoms with van der Waals surface area (Å²) in [4.78, 5) is 23.1. The average molecular weight is 390 g/mol. The maximum Gasteiger partial charge on any atom is 0.341 e. The molecule has 0 aliphatic heterocycles. The topological polar surface area (TPSA) is 55.3 Å². The molecule has 0 N–H and O–H groups in total. The number of nitrogens with zero attached hydrogens (tertiary/aromatic N) is 3. The summed E-state index contributed by atoms with van der Waals surface area (Å²) in [6.45, 7) is 2.06. The average Bonchev–Trinajstić information content (AvgIpc) is 2.62. The lowest BCUT2D eigenvalue weighted by atomic mass is 10.0. The minimum absolute atomic E-state index is 0.295. The Bertz CT molecular complexity index is 990. The fraction of sp³-hybridized carbons (Fsp3) is 0.211. The number of carbonyl (C=O) groups is 1. The van der Waals surface area contributed by atoms with E-state index in [4.69, 9.17) is 27.9 Å². The Hall–Kier alpha value is -2.37. The third kappa shape index (κ3) is 3.20. The molecular weight excluding hydrogens is 373 g/mol. The Morgan fingerprint density at radius 3 is 2.65 bits per heavy atom. The Kier molecular flexibility index (Phi) is 5.30.